The molecule has 10 atom stereocenters. The van der Waals surface area contributed by atoms with E-state index in [-0.39, 0.29) is 22.9 Å². The average molecular weight is 477 g/mol. The molecule has 0 aromatic rings. The van der Waals surface area contributed by atoms with Crippen LogP contribution in [0, 0.1) is 34.5 Å². The van der Waals surface area contributed by atoms with Crippen LogP contribution in [0.5, 0.6) is 0 Å². The summed E-state index contributed by atoms with van der Waals surface area (Å²) in [5.74, 6) is 2.01. The molecule has 196 valence electrons. The second-order valence-electron chi connectivity index (χ2n) is 13.7. The van der Waals surface area contributed by atoms with E-state index in [1.807, 2.05) is 13.8 Å². The quantitative estimate of drug-likeness (QED) is 0.336. The van der Waals surface area contributed by atoms with Crippen molar-refractivity contribution in [1.29, 1.82) is 0 Å². The Morgan fingerprint density at radius 3 is 2.47 bits per heavy atom. The number of fused-ring (bicyclic) bond motifs is 5. The predicted molar refractivity (Wildman–Crippen MR) is 137 cm³/mol. The van der Waals surface area contributed by atoms with E-state index in [1.54, 1.807) is 0 Å². The van der Waals surface area contributed by atoms with Crippen molar-refractivity contribution in [2.75, 3.05) is 0 Å². The van der Waals surface area contributed by atoms with Crippen molar-refractivity contribution in [2.24, 2.45) is 34.5 Å². The van der Waals surface area contributed by atoms with Gasteiger partial charge in [0.2, 0.25) is 0 Å². The molecule has 4 aliphatic rings. The molecule has 0 amide bonds. The van der Waals surface area contributed by atoms with Crippen molar-refractivity contribution in [3.05, 3.63) is 11.6 Å². The minimum Gasteiger partial charge on any atom is -0.393 e. The largest absolute Gasteiger partial charge is 0.393 e. The zero-order valence-corrected chi connectivity index (χ0v) is 22.5. The van der Waals surface area contributed by atoms with Crippen LogP contribution in [-0.4, -0.2) is 43.8 Å². The predicted octanol–water partition coefficient (Wildman–Crippen LogP) is 5.76. The number of aliphatic hydroxyl groups is 4. The van der Waals surface area contributed by atoms with Gasteiger partial charge in [-0.3, -0.25) is 0 Å². The van der Waals surface area contributed by atoms with Crippen LogP contribution in [0.3, 0.4) is 0 Å². The average Bonchev–Trinajstić information content (AvgIpc) is 3.14. The molecule has 4 nitrogen and oxygen atoms in total. The Labute approximate surface area is 208 Å². The van der Waals surface area contributed by atoms with Crippen molar-refractivity contribution in [3.63, 3.8) is 0 Å². The first kappa shape index (κ1) is 26.6. The van der Waals surface area contributed by atoms with Gasteiger partial charge in [-0.2, -0.15) is 0 Å². The van der Waals surface area contributed by atoms with E-state index in [0.29, 0.717) is 30.6 Å². The summed E-state index contributed by atoms with van der Waals surface area (Å²) in [6.45, 7) is 10.7. The highest BCUT2D eigenvalue weighted by atomic mass is 16.3. The van der Waals surface area contributed by atoms with Crippen LogP contribution in [0.15, 0.2) is 11.6 Å². The van der Waals surface area contributed by atoms with Gasteiger partial charge < -0.3 is 20.4 Å². The molecule has 0 bridgehead atoms. The molecule has 0 aliphatic heterocycles. The number of rotatable bonds is 8. The van der Waals surface area contributed by atoms with Crippen LogP contribution >= 0.6 is 0 Å². The number of hydrogen-bond donors (Lipinski definition) is 4. The van der Waals surface area contributed by atoms with Gasteiger partial charge in [0.1, 0.15) is 0 Å². The third kappa shape index (κ3) is 4.55. The van der Waals surface area contributed by atoms with Crippen molar-refractivity contribution < 1.29 is 20.4 Å². The third-order valence-electron chi connectivity index (χ3n) is 11.5. The van der Waals surface area contributed by atoms with Crippen LogP contribution in [0.2, 0.25) is 0 Å². The monoisotopic (exact) mass is 476 g/mol. The fourth-order valence-electron chi connectivity index (χ4n) is 9.26. The molecule has 0 spiro atoms. The Balaban J connectivity index is 1.48. The first-order valence-corrected chi connectivity index (χ1v) is 14.4. The van der Waals surface area contributed by atoms with Crippen LogP contribution in [0.25, 0.3) is 0 Å². The van der Waals surface area contributed by atoms with E-state index in [1.165, 1.54) is 12.0 Å². The Morgan fingerprint density at radius 2 is 1.76 bits per heavy atom. The fraction of sp³-hybridized carbons (Fsp3) is 0.933. The Hall–Kier alpha value is -0.420. The summed E-state index contributed by atoms with van der Waals surface area (Å²) in [4.78, 5) is 0. The highest BCUT2D eigenvalue weighted by molar-refractivity contribution is 5.25. The second-order valence-corrected chi connectivity index (χ2v) is 13.7. The normalized spacial score (nSPS) is 44.1. The van der Waals surface area contributed by atoms with E-state index in [2.05, 4.69) is 26.8 Å². The van der Waals surface area contributed by atoms with Gasteiger partial charge in [-0.1, -0.05) is 45.3 Å². The zero-order valence-electron chi connectivity index (χ0n) is 22.5. The zero-order chi connectivity index (χ0) is 24.9. The fourth-order valence-corrected chi connectivity index (χ4v) is 9.26. The summed E-state index contributed by atoms with van der Waals surface area (Å²) in [6.07, 6.45) is 13.7. The lowest BCUT2D eigenvalue weighted by atomic mass is 9.46. The maximum Gasteiger partial charge on any atom is 0.0910 e. The maximum absolute atomic E-state index is 11.8. The van der Waals surface area contributed by atoms with Gasteiger partial charge in [0, 0.05) is 0 Å². The molecular formula is C30H52O4. The number of unbranched alkanes of at least 4 members (excludes halogenated alkanes) is 1. The summed E-state index contributed by atoms with van der Waals surface area (Å²) in [5.41, 5.74) is -0.128. The molecule has 0 heterocycles. The summed E-state index contributed by atoms with van der Waals surface area (Å²) in [6, 6.07) is 0. The van der Waals surface area contributed by atoms with Crippen LogP contribution in [0.4, 0.5) is 0 Å². The first-order chi connectivity index (χ1) is 15.8. The molecule has 4 aliphatic carbocycles. The van der Waals surface area contributed by atoms with Crippen molar-refractivity contribution >= 4 is 0 Å². The Bertz CT molecular complexity index is 757. The summed E-state index contributed by atoms with van der Waals surface area (Å²) in [5, 5.41) is 43.9. The van der Waals surface area contributed by atoms with Crippen molar-refractivity contribution in [2.45, 2.75) is 141 Å². The molecule has 4 N–H and O–H groups in total. The van der Waals surface area contributed by atoms with Crippen LogP contribution < -0.4 is 0 Å². The summed E-state index contributed by atoms with van der Waals surface area (Å²) in [7, 11) is 0. The minimum absolute atomic E-state index is 0.0479. The molecule has 1 unspecified atom stereocenters. The molecule has 0 aromatic carbocycles. The highest BCUT2D eigenvalue weighted by Gasteiger charge is 2.62. The standard InChI is InChI=1S/C30H52O4/c1-6-7-15-27(2,33)16-14-26(32)30(5,34)25-11-10-23-22-9-8-20-19-21(31)12-17-28(20,3)24(22)13-18-29(23,25)4/h8,21-26,31-34H,6-7,9-19H2,1-5H3/t21-,22-,23-,24-,25-,26-,27?,28-,29-,30+/m0/s1. The lowest BCUT2D eigenvalue weighted by molar-refractivity contribution is -0.154. The molecule has 0 saturated heterocycles. The Kier molecular flexibility index (Phi) is 7.42. The van der Waals surface area contributed by atoms with Crippen LogP contribution in [0.1, 0.15) is 118 Å². The lowest BCUT2D eigenvalue weighted by Crippen LogP contribution is -2.56. The Morgan fingerprint density at radius 1 is 1.03 bits per heavy atom. The topological polar surface area (TPSA) is 80.9 Å². The molecule has 0 radical (unpaired) electrons. The maximum atomic E-state index is 11.8. The second kappa shape index (κ2) is 9.47. The van der Waals surface area contributed by atoms with E-state index >= 15 is 0 Å². The summed E-state index contributed by atoms with van der Waals surface area (Å²) < 4.78 is 0. The van der Waals surface area contributed by atoms with Gasteiger partial charge in [0.15, 0.2) is 0 Å². The molecule has 34 heavy (non-hydrogen) atoms. The molecule has 3 fully saturated rings. The van der Waals surface area contributed by atoms with E-state index in [9.17, 15) is 20.4 Å². The molecule has 0 aromatic heterocycles. The molecule has 4 rings (SSSR count). The number of hydrogen-bond acceptors (Lipinski definition) is 4. The third-order valence-corrected chi connectivity index (χ3v) is 11.5. The first-order valence-electron chi connectivity index (χ1n) is 14.4. The van der Waals surface area contributed by atoms with Crippen molar-refractivity contribution in [1.82, 2.24) is 0 Å². The lowest BCUT2D eigenvalue weighted by Gasteiger charge is -2.59. The van der Waals surface area contributed by atoms with Gasteiger partial charge in [-0.15, -0.1) is 0 Å². The number of aliphatic hydroxyl groups excluding tert-OH is 2. The number of allylic oxidation sites excluding steroid dienone is 1. The van der Waals surface area contributed by atoms with E-state index in [4.69, 9.17) is 0 Å². The molecular weight excluding hydrogens is 424 g/mol. The molecule has 4 heteroatoms. The highest BCUT2D eigenvalue weighted by Crippen LogP contribution is 2.67. The van der Waals surface area contributed by atoms with Crippen molar-refractivity contribution in [3.8, 4) is 0 Å². The van der Waals surface area contributed by atoms with E-state index < -0.39 is 17.3 Å². The SMILES string of the molecule is CCCCC(C)(O)CC[C@H](O)[C@](C)(O)[C@H]1CC[C@H]2[C@@H]3CC=C4C[C@@H](O)CC[C@]4(C)[C@H]3CC[C@]12C. The van der Waals surface area contributed by atoms with Gasteiger partial charge in [-0.25, -0.2) is 0 Å². The van der Waals surface area contributed by atoms with E-state index in [0.717, 1.165) is 64.2 Å². The molecule has 3 saturated carbocycles. The van der Waals surface area contributed by atoms with Gasteiger partial charge >= 0.3 is 0 Å². The van der Waals surface area contributed by atoms with Gasteiger partial charge in [0.05, 0.1) is 23.4 Å². The van der Waals surface area contributed by atoms with Gasteiger partial charge in [-0.05, 0) is 119 Å². The van der Waals surface area contributed by atoms with Crippen LogP contribution in [-0.2, 0) is 0 Å². The minimum atomic E-state index is -1.13. The summed E-state index contributed by atoms with van der Waals surface area (Å²) >= 11 is 0. The van der Waals surface area contributed by atoms with Gasteiger partial charge in [0.25, 0.3) is 0 Å². The smallest absolute Gasteiger partial charge is 0.0910 e.